The van der Waals surface area contributed by atoms with Crippen LogP contribution in [0.25, 0.3) is 11.3 Å². The lowest BCUT2D eigenvalue weighted by molar-refractivity contribution is -0.153. The molecule has 12 heteroatoms. The normalized spacial score (nSPS) is 20.3. The number of likely N-dealkylation sites (N-methyl/N-ethyl adjacent to an activating group) is 1. The van der Waals surface area contributed by atoms with Crippen molar-refractivity contribution in [3.63, 3.8) is 0 Å². The van der Waals surface area contributed by atoms with E-state index in [2.05, 4.69) is 15.6 Å². The summed E-state index contributed by atoms with van der Waals surface area (Å²) in [5.41, 5.74) is 1.45. The van der Waals surface area contributed by atoms with E-state index >= 15 is 0 Å². The van der Waals surface area contributed by atoms with Crippen molar-refractivity contribution in [1.82, 2.24) is 20.5 Å². The second-order valence-electron chi connectivity index (χ2n) is 8.53. The summed E-state index contributed by atoms with van der Waals surface area (Å²) in [5, 5.41) is 15.1. The molecule has 0 bridgehead atoms. The van der Waals surface area contributed by atoms with Crippen molar-refractivity contribution >= 4 is 30.9 Å². The summed E-state index contributed by atoms with van der Waals surface area (Å²) in [7, 11) is 0.238. The minimum Gasteiger partial charge on any atom is -0.497 e. The summed E-state index contributed by atoms with van der Waals surface area (Å²) in [6.45, 7) is 4.52. The second kappa shape index (κ2) is 11.8. The molecule has 1 aromatic carbocycles. The number of amides is 2. The fourth-order valence-corrected chi connectivity index (χ4v) is 3.48. The molecule has 3 N–H and O–H groups in total. The number of pyridine rings is 1. The van der Waals surface area contributed by atoms with Crippen molar-refractivity contribution in [2.45, 2.75) is 45.0 Å². The number of carbonyl (C=O) groups excluding carboxylic acids is 4. The SMILES string of the molecule is C[C@@H](O)C(NC(=O)c1cccc(-c2ccccc2)n1)C(=O)NCB1OC(=O)[C@H](C)N(C)[C@@H](C)C(=O)O1. The van der Waals surface area contributed by atoms with Gasteiger partial charge >= 0.3 is 19.1 Å². The highest BCUT2D eigenvalue weighted by atomic mass is 16.6. The highest BCUT2D eigenvalue weighted by Crippen LogP contribution is 2.16. The van der Waals surface area contributed by atoms with Crippen LogP contribution >= 0.6 is 0 Å². The van der Waals surface area contributed by atoms with Crippen LogP contribution in [0.5, 0.6) is 0 Å². The van der Waals surface area contributed by atoms with Crippen LogP contribution in [0.1, 0.15) is 31.3 Å². The average Bonchev–Trinajstić information content (AvgIpc) is 2.88. The van der Waals surface area contributed by atoms with Crippen LogP contribution < -0.4 is 10.6 Å². The first-order chi connectivity index (χ1) is 17.1. The van der Waals surface area contributed by atoms with Gasteiger partial charge in [-0.15, -0.1) is 0 Å². The van der Waals surface area contributed by atoms with E-state index in [0.29, 0.717) is 5.69 Å². The van der Waals surface area contributed by atoms with E-state index in [0.717, 1.165) is 5.56 Å². The number of aliphatic hydroxyl groups excluding tert-OH is 1. The molecule has 2 heterocycles. The van der Waals surface area contributed by atoms with Gasteiger partial charge in [0.15, 0.2) is 0 Å². The largest absolute Gasteiger partial charge is 0.619 e. The Morgan fingerprint density at radius 2 is 1.67 bits per heavy atom. The molecule has 1 aliphatic heterocycles. The lowest BCUT2D eigenvalue weighted by atomic mass is 9.88. The number of hydrogen-bond acceptors (Lipinski definition) is 9. The Balaban J connectivity index is 1.66. The molecule has 0 radical (unpaired) electrons. The van der Waals surface area contributed by atoms with Gasteiger partial charge in [0.25, 0.3) is 5.91 Å². The van der Waals surface area contributed by atoms with Crippen LogP contribution in [0, 0.1) is 0 Å². The fourth-order valence-electron chi connectivity index (χ4n) is 3.48. The first kappa shape index (κ1) is 26.8. The Morgan fingerprint density at radius 3 is 2.25 bits per heavy atom. The minimum atomic E-state index is -1.36. The first-order valence-electron chi connectivity index (χ1n) is 11.5. The number of nitrogens with one attached hydrogen (secondary N) is 2. The molecule has 0 aliphatic carbocycles. The van der Waals surface area contributed by atoms with Crippen molar-refractivity contribution in [2.24, 2.45) is 0 Å². The zero-order valence-electron chi connectivity index (χ0n) is 20.5. The Kier molecular flexibility index (Phi) is 8.78. The topological polar surface area (TPSA) is 147 Å². The van der Waals surface area contributed by atoms with Crippen LogP contribution in [0.15, 0.2) is 48.5 Å². The molecule has 11 nitrogen and oxygen atoms in total. The molecular weight excluding hydrogens is 467 g/mol. The van der Waals surface area contributed by atoms with Crippen LogP contribution in [0.2, 0.25) is 0 Å². The predicted octanol–water partition coefficient (Wildman–Crippen LogP) is 0.180. The van der Waals surface area contributed by atoms with Crippen LogP contribution in [-0.2, 0) is 23.7 Å². The van der Waals surface area contributed by atoms with Crippen molar-refractivity contribution in [3.05, 3.63) is 54.2 Å². The van der Waals surface area contributed by atoms with E-state index in [1.54, 1.807) is 33.0 Å². The quantitative estimate of drug-likeness (QED) is 0.457. The van der Waals surface area contributed by atoms with Gasteiger partial charge < -0.3 is 25.0 Å². The molecule has 0 saturated carbocycles. The molecule has 190 valence electrons. The van der Waals surface area contributed by atoms with Crippen molar-refractivity contribution < 1.29 is 33.6 Å². The van der Waals surface area contributed by atoms with Gasteiger partial charge in [0.1, 0.15) is 23.8 Å². The standard InChI is InChI=1S/C24H29BN4O7/c1-14-23(33)35-25(36-24(34)15(2)29(14)4)13-26-22(32)20(16(3)30)28-21(31)19-12-8-11-18(27-19)17-9-6-5-7-10-17/h5-12,14-16,20,30H,13H2,1-4H3,(H,26,32)(H,28,31)/t14-,15-,16+,20?/m0/s1. The average molecular weight is 496 g/mol. The second-order valence-corrected chi connectivity index (χ2v) is 8.53. The molecule has 1 fully saturated rings. The van der Waals surface area contributed by atoms with Crippen LogP contribution in [0.4, 0.5) is 0 Å². The number of carbonyl (C=O) groups is 4. The van der Waals surface area contributed by atoms with Gasteiger partial charge in [-0.25, -0.2) is 4.98 Å². The summed E-state index contributed by atoms with van der Waals surface area (Å²) in [6.07, 6.45) is -1.62. The third kappa shape index (κ3) is 6.46. The lowest BCUT2D eigenvalue weighted by Gasteiger charge is -2.32. The molecule has 1 saturated heterocycles. The molecule has 2 amide bonds. The van der Waals surface area contributed by atoms with Gasteiger partial charge in [-0.2, -0.15) is 0 Å². The molecule has 4 atom stereocenters. The number of rotatable bonds is 7. The maximum Gasteiger partial charge on any atom is 0.619 e. The number of benzene rings is 1. The maximum absolute atomic E-state index is 12.8. The monoisotopic (exact) mass is 496 g/mol. The third-order valence-electron chi connectivity index (χ3n) is 5.94. The van der Waals surface area contributed by atoms with E-state index in [1.165, 1.54) is 17.9 Å². The van der Waals surface area contributed by atoms with E-state index in [1.807, 2.05) is 30.3 Å². The molecular formula is C24H29BN4O7. The van der Waals surface area contributed by atoms with Gasteiger partial charge in [-0.1, -0.05) is 36.4 Å². The smallest absolute Gasteiger partial charge is 0.497 e. The zero-order chi connectivity index (χ0) is 26.4. The number of aromatic nitrogens is 1. The van der Waals surface area contributed by atoms with Crippen molar-refractivity contribution in [2.75, 3.05) is 13.5 Å². The molecule has 1 aliphatic rings. The van der Waals surface area contributed by atoms with E-state index in [4.69, 9.17) is 9.31 Å². The van der Waals surface area contributed by atoms with Gasteiger partial charge in [0.05, 0.1) is 18.2 Å². The Morgan fingerprint density at radius 1 is 1.06 bits per heavy atom. The molecule has 36 heavy (non-hydrogen) atoms. The Hall–Kier alpha value is -3.77. The summed E-state index contributed by atoms with van der Waals surface area (Å²) in [6, 6.07) is 11.4. The van der Waals surface area contributed by atoms with Crippen LogP contribution in [-0.4, -0.2) is 83.6 Å². The van der Waals surface area contributed by atoms with E-state index < -0.39 is 55.1 Å². The highest BCUT2D eigenvalue weighted by molar-refractivity contribution is 6.49. The van der Waals surface area contributed by atoms with Crippen LogP contribution in [0.3, 0.4) is 0 Å². The zero-order valence-corrected chi connectivity index (χ0v) is 20.5. The molecule has 2 aromatic rings. The molecule has 3 rings (SSSR count). The highest BCUT2D eigenvalue weighted by Gasteiger charge is 2.39. The molecule has 1 unspecified atom stereocenters. The molecule has 1 aromatic heterocycles. The number of aliphatic hydroxyl groups is 1. The number of hydrogen-bond donors (Lipinski definition) is 3. The van der Waals surface area contributed by atoms with E-state index in [9.17, 15) is 24.3 Å². The predicted molar refractivity (Wildman–Crippen MR) is 130 cm³/mol. The van der Waals surface area contributed by atoms with Crippen molar-refractivity contribution in [1.29, 1.82) is 0 Å². The van der Waals surface area contributed by atoms with E-state index in [-0.39, 0.29) is 12.1 Å². The lowest BCUT2D eigenvalue weighted by Crippen LogP contribution is -2.57. The number of nitrogens with zero attached hydrogens (tertiary/aromatic N) is 2. The third-order valence-corrected chi connectivity index (χ3v) is 5.94. The van der Waals surface area contributed by atoms with Gasteiger partial charge in [-0.05, 0) is 40.0 Å². The summed E-state index contributed by atoms with van der Waals surface area (Å²) >= 11 is 0. The summed E-state index contributed by atoms with van der Waals surface area (Å²) in [4.78, 5) is 56.0. The fraction of sp³-hybridized carbons (Fsp3) is 0.375. The summed E-state index contributed by atoms with van der Waals surface area (Å²) < 4.78 is 10.4. The molecule has 0 spiro atoms. The Bertz CT molecular complexity index is 1090. The van der Waals surface area contributed by atoms with Crippen molar-refractivity contribution in [3.8, 4) is 11.3 Å². The van der Waals surface area contributed by atoms with Gasteiger partial charge in [0.2, 0.25) is 5.91 Å². The minimum absolute atomic E-state index is 0.0600. The first-order valence-corrected chi connectivity index (χ1v) is 11.5. The Labute approximate surface area is 209 Å². The van der Waals surface area contributed by atoms with Gasteiger partial charge in [0, 0.05) is 5.56 Å². The maximum atomic E-state index is 12.8. The summed E-state index contributed by atoms with van der Waals surface area (Å²) in [5.74, 6) is -2.67. The van der Waals surface area contributed by atoms with Gasteiger partial charge in [-0.3, -0.25) is 24.1 Å².